The largest absolute Gasteiger partial charge is 0.110 e. The minimum atomic E-state index is 0.555. The SMILES string of the molecule is CCC(C)(C)PC(C)(C)CC. The van der Waals surface area contributed by atoms with E-state index in [9.17, 15) is 0 Å². The Morgan fingerprint density at radius 2 is 1.09 bits per heavy atom. The van der Waals surface area contributed by atoms with E-state index in [-0.39, 0.29) is 0 Å². The maximum Gasteiger partial charge on any atom is -0.0176 e. The molecule has 0 N–H and O–H groups in total. The lowest BCUT2D eigenvalue weighted by molar-refractivity contribution is 0.618. The highest BCUT2D eigenvalue weighted by Crippen LogP contribution is 2.46. The quantitative estimate of drug-likeness (QED) is 0.564. The van der Waals surface area contributed by atoms with Crippen LogP contribution < -0.4 is 0 Å². The van der Waals surface area contributed by atoms with Crippen LogP contribution in [0.1, 0.15) is 54.4 Å². The van der Waals surface area contributed by atoms with Crippen LogP contribution in [-0.4, -0.2) is 10.3 Å². The lowest BCUT2D eigenvalue weighted by Gasteiger charge is -2.33. The Bertz CT molecular complexity index is 100. The van der Waals surface area contributed by atoms with Crippen LogP contribution in [0.5, 0.6) is 0 Å². The van der Waals surface area contributed by atoms with Crippen molar-refractivity contribution in [1.82, 2.24) is 0 Å². The third-order valence-corrected chi connectivity index (χ3v) is 4.51. The summed E-state index contributed by atoms with van der Waals surface area (Å²) < 4.78 is 0. The minimum absolute atomic E-state index is 0.555. The van der Waals surface area contributed by atoms with Crippen molar-refractivity contribution in [2.45, 2.75) is 64.7 Å². The fraction of sp³-hybridized carbons (Fsp3) is 1.00. The second-order valence-electron chi connectivity index (χ2n) is 4.60. The molecule has 0 nitrogen and oxygen atoms in total. The van der Waals surface area contributed by atoms with Gasteiger partial charge in [-0.1, -0.05) is 41.5 Å². The molecule has 0 fully saturated rings. The van der Waals surface area contributed by atoms with Gasteiger partial charge in [-0.2, -0.15) is 0 Å². The zero-order valence-electron chi connectivity index (χ0n) is 8.91. The second-order valence-corrected chi connectivity index (χ2v) is 7.56. The lowest BCUT2D eigenvalue weighted by atomic mass is 10.1. The van der Waals surface area contributed by atoms with E-state index in [2.05, 4.69) is 41.5 Å². The van der Waals surface area contributed by atoms with E-state index in [4.69, 9.17) is 0 Å². The molecule has 0 atom stereocenters. The summed E-state index contributed by atoms with van der Waals surface area (Å²) in [5.74, 6) is 0. The molecule has 0 saturated heterocycles. The summed E-state index contributed by atoms with van der Waals surface area (Å²) in [6.07, 6.45) is 2.60. The van der Waals surface area contributed by atoms with Gasteiger partial charge in [0.1, 0.15) is 0 Å². The summed E-state index contributed by atoms with van der Waals surface area (Å²) in [7, 11) is 1.09. The van der Waals surface area contributed by atoms with E-state index >= 15 is 0 Å². The van der Waals surface area contributed by atoms with Gasteiger partial charge in [0.25, 0.3) is 0 Å². The first kappa shape index (κ1) is 11.4. The standard InChI is InChI=1S/C10H23P/c1-7-9(3,4)11-10(5,6)8-2/h11H,7-8H2,1-6H3. The third-order valence-electron chi connectivity index (χ3n) is 2.44. The minimum Gasteiger partial charge on any atom is -0.110 e. The Kier molecular flexibility index (Phi) is 4.05. The Morgan fingerprint density at radius 1 is 0.818 bits per heavy atom. The van der Waals surface area contributed by atoms with E-state index < -0.39 is 0 Å². The van der Waals surface area contributed by atoms with E-state index in [0.29, 0.717) is 10.3 Å². The molecular weight excluding hydrogens is 151 g/mol. The number of hydrogen-bond acceptors (Lipinski definition) is 0. The van der Waals surface area contributed by atoms with Crippen molar-refractivity contribution in [3.63, 3.8) is 0 Å². The molecule has 11 heavy (non-hydrogen) atoms. The fourth-order valence-electron chi connectivity index (χ4n) is 1.09. The average molecular weight is 174 g/mol. The molecule has 0 bridgehead atoms. The van der Waals surface area contributed by atoms with Crippen molar-refractivity contribution < 1.29 is 0 Å². The van der Waals surface area contributed by atoms with Crippen LogP contribution in [0.2, 0.25) is 0 Å². The van der Waals surface area contributed by atoms with Crippen molar-refractivity contribution in [3.8, 4) is 0 Å². The second kappa shape index (κ2) is 3.90. The Hall–Kier alpha value is 0.430. The van der Waals surface area contributed by atoms with Crippen LogP contribution >= 0.6 is 8.58 Å². The molecule has 0 aliphatic carbocycles. The van der Waals surface area contributed by atoms with Gasteiger partial charge in [0.2, 0.25) is 0 Å². The Balaban J connectivity index is 4.02. The summed E-state index contributed by atoms with van der Waals surface area (Å²) in [6.45, 7) is 14.1. The summed E-state index contributed by atoms with van der Waals surface area (Å²) in [5.41, 5.74) is 0. The average Bonchev–Trinajstić information content (AvgIpc) is 1.86. The Labute approximate surface area is 73.9 Å². The van der Waals surface area contributed by atoms with Gasteiger partial charge in [-0.15, -0.1) is 8.58 Å². The van der Waals surface area contributed by atoms with Crippen LogP contribution in [-0.2, 0) is 0 Å². The maximum atomic E-state index is 2.38. The van der Waals surface area contributed by atoms with Crippen molar-refractivity contribution in [2.24, 2.45) is 0 Å². The topological polar surface area (TPSA) is 0 Å². The molecule has 0 aromatic rings. The maximum absolute atomic E-state index is 2.38. The molecule has 0 rings (SSSR count). The molecule has 0 aromatic carbocycles. The fourth-order valence-corrected chi connectivity index (χ4v) is 3.28. The summed E-state index contributed by atoms with van der Waals surface area (Å²) in [6, 6.07) is 0. The molecule has 0 saturated carbocycles. The molecule has 0 aliphatic rings. The van der Waals surface area contributed by atoms with Crippen LogP contribution in [0.25, 0.3) is 0 Å². The summed E-state index contributed by atoms with van der Waals surface area (Å²) in [4.78, 5) is 0. The zero-order chi connectivity index (χ0) is 9.12. The van der Waals surface area contributed by atoms with E-state index in [1.54, 1.807) is 0 Å². The monoisotopic (exact) mass is 174 g/mol. The molecule has 0 aliphatic heterocycles. The van der Waals surface area contributed by atoms with Gasteiger partial charge in [0, 0.05) is 0 Å². The molecule has 0 unspecified atom stereocenters. The van der Waals surface area contributed by atoms with Crippen molar-refractivity contribution in [2.75, 3.05) is 0 Å². The van der Waals surface area contributed by atoms with Crippen LogP contribution in [0.3, 0.4) is 0 Å². The normalized spacial score (nSPS) is 13.6. The van der Waals surface area contributed by atoms with Gasteiger partial charge >= 0.3 is 0 Å². The highest BCUT2D eigenvalue weighted by Gasteiger charge is 2.25. The third kappa shape index (κ3) is 4.80. The van der Waals surface area contributed by atoms with Crippen molar-refractivity contribution >= 4 is 8.58 Å². The Morgan fingerprint density at radius 3 is 1.27 bits per heavy atom. The molecule has 0 amide bonds. The first-order valence-corrected chi connectivity index (χ1v) is 5.62. The van der Waals surface area contributed by atoms with Gasteiger partial charge in [-0.05, 0) is 23.2 Å². The van der Waals surface area contributed by atoms with E-state index in [1.807, 2.05) is 0 Å². The predicted octanol–water partition coefficient (Wildman–Crippen LogP) is 4.04. The van der Waals surface area contributed by atoms with E-state index in [1.165, 1.54) is 12.8 Å². The zero-order valence-corrected chi connectivity index (χ0v) is 9.91. The molecule has 0 aromatic heterocycles. The van der Waals surface area contributed by atoms with Crippen molar-refractivity contribution in [3.05, 3.63) is 0 Å². The predicted molar refractivity (Wildman–Crippen MR) is 57.1 cm³/mol. The highest BCUT2D eigenvalue weighted by atomic mass is 31.1. The lowest BCUT2D eigenvalue weighted by Crippen LogP contribution is -2.22. The van der Waals surface area contributed by atoms with Gasteiger partial charge in [0.15, 0.2) is 0 Å². The molecule has 0 radical (unpaired) electrons. The van der Waals surface area contributed by atoms with E-state index in [0.717, 1.165) is 8.58 Å². The number of hydrogen-bond donors (Lipinski definition) is 0. The molecule has 0 spiro atoms. The van der Waals surface area contributed by atoms with Gasteiger partial charge < -0.3 is 0 Å². The summed E-state index contributed by atoms with van der Waals surface area (Å²) >= 11 is 0. The first-order valence-electron chi connectivity index (χ1n) is 4.62. The van der Waals surface area contributed by atoms with Gasteiger partial charge in [-0.25, -0.2) is 0 Å². The molecule has 68 valence electrons. The van der Waals surface area contributed by atoms with Crippen molar-refractivity contribution in [1.29, 1.82) is 0 Å². The molecule has 1 heteroatoms. The van der Waals surface area contributed by atoms with Crippen LogP contribution in [0, 0.1) is 0 Å². The van der Waals surface area contributed by atoms with Gasteiger partial charge in [-0.3, -0.25) is 0 Å². The smallest absolute Gasteiger partial charge is 0.0176 e. The highest BCUT2D eigenvalue weighted by molar-refractivity contribution is 7.41. The van der Waals surface area contributed by atoms with Crippen LogP contribution in [0.15, 0.2) is 0 Å². The summed E-state index contributed by atoms with van der Waals surface area (Å²) in [5, 5.41) is 1.11. The van der Waals surface area contributed by atoms with Crippen LogP contribution in [0.4, 0.5) is 0 Å². The van der Waals surface area contributed by atoms with Gasteiger partial charge in [0.05, 0.1) is 0 Å². The first-order chi connectivity index (χ1) is 4.83. The molecule has 0 heterocycles. The molecular formula is C10H23P. The number of rotatable bonds is 4.